The lowest BCUT2D eigenvalue weighted by atomic mass is 10.1. The van der Waals surface area contributed by atoms with Gasteiger partial charge in [0.1, 0.15) is 0 Å². The van der Waals surface area contributed by atoms with Gasteiger partial charge in [-0.2, -0.15) is 0 Å². The molecule has 0 radical (unpaired) electrons. The molecule has 0 aliphatic heterocycles. The second kappa shape index (κ2) is 6.44. The Morgan fingerprint density at radius 1 is 1.06 bits per heavy atom. The number of hydrogen-bond donors (Lipinski definition) is 0. The zero-order chi connectivity index (χ0) is 13.5. The maximum atomic E-state index is 11.0. The van der Waals surface area contributed by atoms with Crippen molar-refractivity contribution in [2.75, 3.05) is 21.3 Å². The summed E-state index contributed by atoms with van der Waals surface area (Å²) in [5, 5.41) is 0. The van der Waals surface area contributed by atoms with E-state index in [2.05, 4.69) is 4.74 Å². The fourth-order valence-electron chi connectivity index (χ4n) is 1.38. The van der Waals surface area contributed by atoms with E-state index in [4.69, 9.17) is 9.47 Å². The molecule has 0 saturated carbocycles. The summed E-state index contributed by atoms with van der Waals surface area (Å²) in [6, 6.07) is 3.16. The van der Waals surface area contributed by atoms with Gasteiger partial charge in [-0.3, -0.25) is 4.79 Å². The van der Waals surface area contributed by atoms with Crippen LogP contribution in [0.5, 0.6) is 11.5 Å². The van der Waals surface area contributed by atoms with E-state index in [9.17, 15) is 9.59 Å². The summed E-state index contributed by atoms with van der Waals surface area (Å²) in [5.41, 5.74) is 0.945. The number of carbonyl (C=O) groups is 2. The molecule has 0 saturated heterocycles. The molecule has 0 aromatic heterocycles. The van der Waals surface area contributed by atoms with Gasteiger partial charge < -0.3 is 14.2 Å². The third-order valence-electron chi connectivity index (χ3n) is 2.32. The molecule has 1 aromatic rings. The van der Waals surface area contributed by atoms with Crippen LogP contribution in [0, 0.1) is 0 Å². The van der Waals surface area contributed by atoms with E-state index in [1.807, 2.05) is 0 Å². The first kappa shape index (κ1) is 13.8. The Morgan fingerprint density at radius 2 is 1.61 bits per heavy atom. The number of benzene rings is 1. The maximum Gasteiger partial charge on any atom is 0.330 e. The third-order valence-corrected chi connectivity index (χ3v) is 2.32. The predicted molar refractivity (Wildman–Crippen MR) is 66.0 cm³/mol. The zero-order valence-electron chi connectivity index (χ0n) is 10.4. The molecule has 0 atom stereocenters. The summed E-state index contributed by atoms with van der Waals surface area (Å²) in [7, 11) is 4.25. The fourth-order valence-corrected chi connectivity index (χ4v) is 1.38. The van der Waals surface area contributed by atoms with Crippen molar-refractivity contribution in [3.63, 3.8) is 0 Å². The fraction of sp³-hybridized carbons (Fsp3) is 0.231. The molecule has 0 spiro atoms. The smallest absolute Gasteiger partial charge is 0.330 e. The van der Waals surface area contributed by atoms with Crippen LogP contribution < -0.4 is 9.47 Å². The zero-order valence-corrected chi connectivity index (χ0v) is 10.4. The van der Waals surface area contributed by atoms with E-state index in [-0.39, 0.29) is 0 Å². The van der Waals surface area contributed by atoms with Crippen LogP contribution in [0.1, 0.15) is 15.9 Å². The molecule has 5 nitrogen and oxygen atoms in total. The van der Waals surface area contributed by atoms with Crippen molar-refractivity contribution in [1.82, 2.24) is 0 Å². The number of ether oxygens (including phenoxy) is 3. The summed E-state index contributed by atoms with van der Waals surface area (Å²) in [6.07, 6.45) is 3.39. The van der Waals surface area contributed by atoms with Gasteiger partial charge in [0.15, 0.2) is 17.8 Å². The SMILES string of the molecule is COC(=O)/C=C/c1cc(OC)c(OC)cc1C=O. The molecular formula is C13H14O5. The normalized spacial score (nSPS) is 10.2. The summed E-state index contributed by atoms with van der Waals surface area (Å²) >= 11 is 0. The molecule has 0 aliphatic rings. The molecule has 1 aromatic carbocycles. The van der Waals surface area contributed by atoms with Crippen LogP contribution in [0.3, 0.4) is 0 Å². The molecule has 0 amide bonds. The molecule has 5 heteroatoms. The maximum absolute atomic E-state index is 11.0. The van der Waals surface area contributed by atoms with Crippen molar-refractivity contribution >= 4 is 18.3 Å². The molecule has 1 rings (SSSR count). The largest absolute Gasteiger partial charge is 0.493 e. The third kappa shape index (κ3) is 3.10. The van der Waals surface area contributed by atoms with Crippen LogP contribution in [0.2, 0.25) is 0 Å². The number of carbonyl (C=O) groups excluding carboxylic acids is 2. The van der Waals surface area contributed by atoms with E-state index in [1.165, 1.54) is 33.5 Å². The van der Waals surface area contributed by atoms with Gasteiger partial charge in [-0.25, -0.2) is 4.79 Å². The van der Waals surface area contributed by atoms with E-state index >= 15 is 0 Å². The lowest BCUT2D eigenvalue weighted by molar-refractivity contribution is -0.134. The Morgan fingerprint density at radius 3 is 2.06 bits per heavy atom. The number of esters is 1. The Kier molecular flexibility index (Phi) is 4.92. The highest BCUT2D eigenvalue weighted by atomic mass is 16.5. The van der Waals surface area contributed by atoms with Gasteiger partial charge in [0.05, 0.1) is 21.3 Å². The lowest BCUT2D eigenvalue weighted by Gasteiger charge is -2.09. The van der Waals surface area contributed by atoms with Crippen molar-refractivity contribution in [3.8, 4) is 11.5 Å². The van der Waals surface area contributed by atoms with Gasteiger partial charge >= 0.3 is 5.97 Å². The second-order valence-corrected chi connectivity index (χ2v) is 3.31. The molecule has 96 valence electrons. The first-order valence-electron chi connectivity index (χ1n) is 5.13. The number of methoxy groups -OCH3 is 3. The van der Waals surface area contributed by atoms with Gasteiger partial charge in [-0.15, -0.1) is 0 Å². The van der Waals surface area contributed by atoms with Crippen molar-refractivity contribution < 1.29 is 23.8 Å². The molecule has 18 heavy (non-hydrogen) atoms. The monoisotopic (exact) mass is 250 g/mol. The number of aldehydes is 1. The first-order chi connectivity index (χ1) is 8.65. The predicted octanol–water partition coefficient (Wildman–Crippen LogP) is 1.70. The van der Waals surface area contributed by atoms with E-state index < -0.39 is 5.97 Å². The average molecular weight is 250 g/mol. The molecule has 0 unspecified atom stereocenters. The molecule has 0 aliphatic carbocycles. The van der Waals surface area contributed by atoms with E-state index in [1.54, 1.807) is 12.1 Å². The topological polar surface area (TPSA) is 61.8 Å². The van der Waals surface area contributed by atoms with Gasteiger partial charge in [-0.05, 0) is 23.8 Å². The van der Waals surface area contributed by atoms with Crippen LogP contribution in [-0.2, 0) is 9.53 Å². The molecule has 0 N–H and O–H groups in total. The minimum absolute atomic E-state index is 0.396. The Bertz CT molecular complexity index is 477. The van der Waals surface area contributed by atoms with Gasteiger partial charge in [-0.1, -0.05) is 0 Å². The van der Waals surface area contributed by atoms with E-state index in [0.717, 1.165) is 0 Å². The standard InChI is InChI=1S/C13H14O5/c1-16-11-6-9(4-5-13(15)18-3)10(8-14)7-12(11)17-2/h4-8H,1-3H3/b5-4+. The summed E-state index contributed by atoms with van der Waals surface area (Å²) in [4.78, 5) is 22.0. The van der Waals surface area contributed by atoms with Crippen LogP contribution >= 0.6 is 0 Å². The highest BCUT2D eigenvalue weighted by Gasteiger charge is 2.09. The van der Waals surface area contributed by atoms with Crippen molar-refractivity contribution in [1.29, 1.82) is 0 Å². The number of hydrogen-bond acceptors (Lipinski definition) is 5. The Labute approximate surface area is 105 Å². The highest BCUT2D eigenvalue weighted by molar-refractivity contribution is 5.90. The summed E-state index contributed by atoms with van der Waals surface area (Å²) in [5.74, 6) is 0.434. The molecule has 0 bridgehead atoms. The van der Waals surface area contributed by atoms with Crippen molar-refractivity contribution in [2.45, 2.75) is 0 Å². The van der Waals surface area contributed by atoms with Crippen LogP contribution in [0.25, 0.3) is 6.08 Å². The Hall–Kier alpha value is -2.30. The molecule has 0 fully saturated rings. The summed E-state index contributed by atoms with van der Waals surface area (Å²) in [6.45, 7) is 0. The van der Waals surface area contributed by atoms with Crippen LogP contribution in [0.15, 0.2) is 18.2 Å². The van der Waals surface area contributed by atoms with E-state index in [0.29, 0.717) is 28.9 Å². The minimum atomic E-state index is -0.498. The second-order valence-electron chi connectivity index (χ2n) is 3.31. The average Bonchev–Trinajstić information content (AvgIpc) is 2.43. The lowest BCUT2D eigenvalue weighted by Crippen LogP contribution is -1.97. The Balaban J connectivity index is 3.21. The van der Waals surface area contributed by atoms with Gasteiger partial charge in [0.25, 0.3) is 0 Å². The van der Waals surface area contributed by atoms with Crippen molar-refractivity contribution in [3.05, 3.63) is 29.3 Å². The first-order valence-corrected chi connectivity index (χ1v) is 5.13. The van der Waals surface area contributed by atoms with Gasteiger partial charge in [0.2, 0.25) is 0 Å². The van der Waals surface area contributed by atoms with Crippen LogP contribution in [-0.4, -0.2) is 33.6 Å². The van der Waals surface area contributed by atoms with Crippen molar-refractivity contribution in [2.24, 2.45) is 0 Å². The summed E-state index contributed by atoms with van der Waals surface area (Å²) < 4.78 is 14.7. The minimum Gasteiger partial charge on any atom is -0.493 e. The quantitative estimate of drug-likeness (QED) is 0.452. The highest BCUT2D eigenvalue weighted by Crippen LogP contribution is 2.30. The number of rotatable bonds is 5. The van der Waals surface area contributed by atoms with Gasteiger partial charge in [0, 0.05) is 11.6 Å². The van der Waals surface area contributed by atoms with Crippen LogP contribution in [0.4, 0.5) is 0 Å². The molecular weight excluding hydrogens is 236 g/mol. The molecule has 0 heterocycles.